The molecule has 2 rings (SSSR count). The van der Waals surface area contributed by atoms with Crippen molar-refractivity contribution in [1.29, 1.82) is 0 Å². The molecular weight excluding hydrogens is 314 g/mol. The van der Waals surface area contributed by atoms with E-state index in [4.69, 9.17) is 5.11 Å². The summed E-state index contributed by atoms with van der Waals surface area (Å²) in [5, 5.41) is 11.5. The number of carboxylic acids is 1. The van der Waals surface area contributed by atoms with E-state index in [1.54, 1.807) is 6.08 Å². The summed E-state index contributed by atoms with van der Waals surface area (Å²) in [6, 6.07) is 7.97. The number of aliphatic carboxylic acids is 1. The maximum Gasteiger partial charge on any atom is 0.325 e. The number of aliphatic imine (C=N–C) groups is 1. The molecule has 1 heterocycles. The molecule has 23 heavy (non-hydrogen) atoms. The summed E-state index contributed by atoms with van der Waals surface area (Å²) in [6.07, 6.45) is 1.77. The first kappa shape index (κ1) is 17.1. The molecule has 122 valence electrons. The lowest BCUT2D eigenvalue weighted by Crippen LogP contribution is -2.21. The molecule has 0 unspecified atom stereocenters. The molecule has 1 amide bonds. The minimum atomic E-state index is -1.03. The average molecular weight is 333 g/mol. The van der Waals surface area contributed by atoms with Crippen LogP contribution in [0.5, 0.6) is 0 Å². The highest BCUT2D eigenvalue weighted by molar-refractivity contribution is 8.18. The van der Waals surface area contributed by atoms with Crippen LogP contribution >= 0.6 is 11.8 Å². The fourth-order valence-corrected chi connectivity index (χ4v) is 2.98. The van der Waals surface area contributed by atoms with E-state index in [-0.39, 0.29) is 12.5 Å². The van der Waals surface area contributed by atoms with Crippen molar-refractivity contribution in [2.75, 3.05) is 24.5 Å². The molecule has 2 N–H and O–H groups in total. The number of anilines is 1. The van der Waals surface area contributed by atoms with Gasteiger partial charge in [0, 0.05) is 18.8 Å². The van der Waals surface area contributed by atoms with E-state index in [9.17, 15) is 9.59 Å². The molecule has 1 saturated heterocycles. The fraction of sp³-hybridized carbons (Fsp3) is 0.312. The Morgan fingerprint density at radius 2 is 1.96 bits per heavy atom. The summed E-state index contributed by atoms with van der Waals surface area (Å²) in [4.78, 5) is 28.9. The van der Waals surface area contributed by atoms with E-state index in [0.717, 1.165) is 36.1 Å². The van der Waals surface area contributed by atoms with Crippen molar-refractivity contribution in [2.24, 2.45) is 4.99 Å². The number of amides is 1. The van der Waals surface area contributed by atoms with Gasteiger partial charge in [-0.2, -0.15) is 0 Å². The summed E-state index contributed by atoms with van der Waals surface area (Å²) in [7, 11) is 0. The Balaban J connectivity index is 2.11. The number of carbonyl (C=O) groups excluding carboxylic acids is 1. The van der Waals surface area contributed by atoms with Crippen molar-refractivity contribution in [1.82, 2.24) is 5.32 Å². The molecule has 0 aromatic heterocycles. The predicted molar refractivity (Wildman–Crippen MR) is 93.7 cm³/mol. The summed E-state index contributed by atoms with van der Waals surface area (Å²) in [5.74, 6) is -1.29. The Bertz CT molecular complexity index is 649. The molecule has 0 bridgehead atoms. The highest BCUT2D eigenvalue weighted by Crippen LogP contribution is 2.26. The first-order valence-electron chi connectivity index (χ1n) is 7.35. The van der Waals surface area contributed by atoms with Gasteiger partial charge >= 0.3 is 5.97 Å². The van der Waals surface area contributed by atoms with Crippen molar-refractivity contribution in [3.63, 3.8) is 0 Å². The Morgan fingerprint density at radius 1 is 1.30 bits per heavy atom. The van der Waals surface area contributed by atoms with E-state index < -0.39 is 5.97 Å². The summed E-state index contributed by atoms with van der Waals surface area (Å²) in [6.45, 7) is 5.75. The van der Waals surface area contributed by atoms with Gasteiger partial charge in [0.05, 0.1) is 4.91 Å². The zero-order valence-corrected chi connectivity index (χ0v) is 13.9. The number of carboxylic acid groups (broad SMARTS) is 1. The number of thioether (sulfide) groups is 1. The van der Waals surface area contributed by atoms with E-state index in [2.05, 4.69) is 29.1 Å². The Labute approximate surface area is 139 Å². The zero-order valence-electron chi connectivity index (χ0n) is 13.1. The van der Waals surface area contributed by atoms with E-state index >= 15 is 0 Å². The van der Waals surface area contributed by atoms with E-state index in [1.165, 1.54) is 0 Å². The van der Waals surface area contributed by atoms with Gasteiger partial charge in [0.1, 0.15) is 6.54 Å². The molecule has 0 radical (unpaired) electrons. The molecular formula is C16H19N3O3S. The third-order valence-electron chi connectivity index (χ3n) is 3.33. The summed E-state index contributed by atoms with van der Waals surface area (Å²) in [5.41, 5.74) is 2.06. The number of benzene rings is 1. The zero-order chi connectivity index (χ0) is 16.8. The number of nitrogens with zero attached hydrogens (tertiary/aromatic N) is 2. The lowest BCUT2D eigenvalue weighted by molar-refractivity contribution is -0.135. The second-order valence-electron chi connectivity index (χ2n) is 4.84. The third kappa shape index (κ3) is 4.59. The number of hydrogen-bond donors (Lipinski definition) is 2. The highest BCUT2D eigenvalue weighted by atomic mass is 32.2. The molecule has 0 atom stereocenters. The van der Waals surface area contributed by atoms with Crippen LogP contribution in [-0.2, 0) is 9.59 Å². The Kier molecular flexibility index (Phi) is 5.81. The number of rotatable bonds is 6. The van der Waals surface area contributed by atoms with Crippen LogP contribution in [0.1, 0.15) is 19.4 Å². The van der Waals surface area contributed by atoms with Crippen molar-refractivity contribution < 1.29 is 14.7 Å². The number of amidine groups is 1. The first-order chi connectivity index (χ1) is 11.0. The highest BCUT2D eigenvalue weighted by Gasteiger charge is 2.23. The first-order valence-corrected chi connectivity index (χ1v) is 8.17. The molecule has 6 nitrogen and oxygen atoms in total. The standard InChI is InChI=1S/C16H19N3O3S/c1-3-19(4-2)12-7-5-11(6-8-12)9-13-15(22)18-16(23-13)17-10-14(20)21/h5-9H,3-4,10H2,1-2H3,(H,20,21)(H,17,18,22)/b13-9-. The van der Waals surface area contributed by atoms with Gasteiger partial charge in [-0.15, -0.1) is 0 Å². The maximum absolute atomic E-state index is 11.9. The summed E-state index contributed by atoms with van der Waals surface area (Å²) >= 11 is 1.15. The Hall–Kier alpha value is -2.28. The van der Waals surface area contributed by atoms with Crippen LogP contribution in [0.15, 0.2) is 34.2 Å². The van der Waals surface area contributed by atoms with Gasteiger partial charge in [-0.3, -0.25) is 14.6 Å². The van der Waals surface area contributed by atoms with Gasteiger partial charge in [0.15, 0.2) is 5.17 Å². The van der Waals surface area contributed by atoms with Crippen LogP contribution in [0, 0.1) is 0 Å². The molecule has 0 saturated carbocycles. The SMILES string of the molecule is CCN(CC)c1ccc(/C=C2\SC(=NCC(=O)O)NC2=O)cc1. The fourth-order valence-electron chi connectivity index (χ4n) is 2.16. The molecule has 1 aliphatic rings. The van der Waals surface area contributed by atoms with Crippen LogP contribution in [0.2, 0.25) is 0 Å². The topological polar surface area (TPSA) is 82.0 Å². The number of carbonyl (C=O) groups is 2. The molecule has 1 aromatic rings. The Morgan fingerprint density at radius 3 is 2.52 bits per heavy atom. The van der Waals surface area contributed by atoms with Gasteiger partial charge in [0.25, 0.3) is 5.91 Å². The largest absolute Gasteiger partial charge is 0.480 e. The number of nitrogens with one attached hydrogen (secondary N) is 1. The molecule has 1 aliphatic heterocycles. The second kappa shape index (κ2) is 7.82. The average Bonchev–Trinajstić information content (AvgIpc) is 2.88. The van der Waals surface area contributed by atoms with Crippen molar-refractivity contribution in [3.05, 3.63) is 34.7 Å². The van der Waals surface area contributed by atoms with Gasteiger partial charge in [-0.25, -0.2) is 0 Å². The predicted octanol–water partition coefficient (Wildman–Crippen LogP) is 2.18. The molecule has 1 aromatic carbocycles. The van der Waals surface area contributed by atoms with Crippen LogP contribution in [0.3, 0.4) is 0 Å². The second-order valence-corrected chi connectivity index (χ2v) is 5.87. The van der Waals surface area contributed by atoms with Crippen LogP contribution < -0.4 is 10.2 Å². The third-order valence-corrected chi connectivity index (χ3v) is 4.28. The minimum absolute atomic E-state index is 0.257. The van der Waals surface area contributed by atoms with Gasteiger partial charge in [-0.1, -0.05) is 12.1 Å². The maximum atomic E-state index is 11.9. The van der Waals surface area contributed by atoms with Gasteiger partial charge < -0.3 is 15.3 Å². The smallest absolute Gasteiger partial charge is 0.325 e. The summed E-state index contributed by atoms with van der Waals surface area (Å²) < 4.78 is 0. The molecule has 0 spiro atoms. The van der Waals surface area contributed by atoms with Crippen LogP contribution in [0.4, 0.5) is 5.69 Å². The normalized spacial score (nSPS) is 17.6. The van der Waals surface area contributed by atoms with Gasteiger partial charge in [0.2, 0.25) is 0 Å². The van der Waals surface area contributed by atoms with Gasteiger partial charge in [-0.05, 0) is 49.4 Å². The van der Waals surface area contributed by atoms with E-state index in [1.807, 2.05) is 24.3 Å². The van der Waals surface area contributed by atoms with Crippen LogP contribution in [-0.4, -0.2) is 41.8 Å². The molecule has 0 aliphatic carbocycles. The lowest BCUT2D eigenvalue weighted by atomic mass is 10.2. The minimum Gasteiger partial charge on any atom is -0.480 e. The van der Waals surface area contributed by atoms with Crippen molar-refractivity contribution >= 4 is 40.6 Å². The molecule has 7 heteroatoms. The van der Waals surface area contributed by atoms with Crippen LogP contribution in [0.25, 0.3) is 6.08 Å². The van der Waals surface area contributed by atoms with Crippen molar-refractivity contribution in [3.8, 4) is 0 Å². The lowest BCUT2D eigenvalue weighted by Gasteiger charge is -2.20. The molecule has 1 fully saturated rings. The number of hydrogen-bond acceptors (Lipinski definition) is 5. The van der Waals surface area contributed by atoms with E-state index in [0.29, 0.717) is 10.1 Å². The van der Waals surface area contributed by atoms with Crippen molar-refractivity contribution in [2.45, 2.75) is 13.8 Å². The quantitative estimate of drug-likeness (QED) is 0.780. The monoisotopic (exact) mass is 333 g/mol.